The fourth-order valence-corrected chi connectivity index (χ4v) is 0.955. The lowest BCUT2D eigenvalue weighted by molar-refractivity contribution is -0.147. The highest BCUT2D eigenvalue weighted by Gasteiger charge is 2.20. The van der Waals surface area contributed by atoms with Crippen LogP contribution in [0.1, 0.15) is 20.8 Å². The van der Waals surface area contributed by atoms with Crippen LogP contribution in [-0.2, 0) is 19.1 Å². The molecule has 0 aliphatic rings. The second kappa shape index (κ2) is 6.37. The van der Waals surface area contributed by atoms with E-state index in [0.29, 0.717) is 6.61 Å². The second-order valence-corrected chi connectivity index (χ2v) is 2.89. The number of hydrogen-bond acceptors (Lipinski definition) is 5. The highest BCUT2D eigenvalue weighted by Crippen LogP contribution is 1.93. The molecule has 0 amide bonds. The van der Waals surface area contributed by atoms with Crippen LogP contribution >= 0.6 is 0 Å². The molecule has 82 valence electrons. The van der Waals surface area contributed by atoms with Gasteiger partial charge >= 0.3 is 11.9 Å². The highest BCUT2D eigenvalue weighted by atomic mass is 16.5. The van der Waals surface area contributed by atoms with Gasteiger partial charge in [0.15, 0.2) is 0 Å². The zero-order chi connectivity index (χ0) is 11.1. The van der Waals surface area contributed by atoms with Crippen LogP contribution in [0.25, 0.3) is 0 Å². The van der Waals surface area contributed by atoms with E-state index in [1.54, 1.807) is 20.8 Å². The van der Waals surface area contributed by atoms with E-state index in [1.807, 2.05) is 0 Å². The molecule has 5 nitrogen and oxygen atoms in total. The first-order valence-electron chi connectivity index (χ1n) is 4.53. The Morgan fingerprint density at radius 2 is 1.71 bits per heavy atom. The van der Waals surface area contributed by atoms with Gasteiger partial charge in [-0.3, -0.25) is 14.9 Å². The molecular formula is C9H17NO4. The lowest BCUT2D eigenvalue weighted by Crippen LogP contribution is -2.45. The molecule has 0 aromatic carbocycles. The van der Waals surface area contributed by atoms with Gasteiger partial charge in [0, 0.05) is 0 Å². The minimum absolute atomic E-state index is 0.331. The molecule has 0 saturated carbocycles. The van der Waals surface area contributed by atoms with Crippen LogP contribution in [0.2, 0.25) is 0 Å². The van der Waals surface area contributed by atoms with Crippen LogP contribution in [0.4, 0.5) is 0 Å². The molecule has 0 bridgehead atoms. The van der Waals surface area contributed by atoms with Crippen molar-refractivity contribution >= 4 is 11.9 Å². The second-order valence-electron chi connectivity index (χ2n) is 2.89. The lowest BCUT2D eigenvalue weighted by Gasteiger charge is -2.16. The van der Waals surface area contributed by atoms with Crippen LogP contribution in [0.15, 0.2) is 0 Å². The summed E-state index contributed by atoms with van der Waals surface area (Å²) in [6.07, 6.45) is 0. The van der Waals surface area contributed by atoms with Crippen molar-refractivity contribution in [2.24, 2.45) is 0 Å². The maximum Gasteiger partial charge on any atom is 0.322 e. The first kappa shape index (κ1) is 12.9. The Morgan fingerprint density at radius 1 is 1.21 bits per heavy atom. The van der Waals surface area contributed by atoms with Crippen molar-refractivity contribution in [3.63, 3.8) is 0 Å². The summed E-state index contributed by atoms with van der Waals surface area (Å²) in [4.78, 5) is 22.1. The Balaban J connectivity index is 3.98. The minimum Gasteiger partial charge on any atom is -0.468 e. The van der Waals surface area contributed by atoms with Gasteiger partial charge < -0.3 is 9.47 Å². The van der Waals surface area contributed by atoms with Crippen LogP contribution in [0, 0.1) is 0 Å². The highest BCUT2D eigenvalue weighted by molar-refractivity contribution is 5.78. The van der Waals surface area contributed by atoms with E-state index in [0.717, 1.165) is 0 Å². The average Bonchev–Trinajstić information content (AvgIpc) is 2.16. The number of hydrogen-bond donors (Lipinski definition) is 1. The summed E-state index contributed by atoms with van der Waals surface area (Å²) < 4.78 is 9.26. The topological polar surface area (TPSA) is 64.6 Å². The smallest absolute Gasteiger partial charge is 0.322 e. The normalized spacial score (nSPS) is 14.3. The predicted molar refractivity (Wildman–Crippen MR) is 50.7 cm³/mol. The first-order valence-corrected chi connectivity index (χ1v) is 4.53. The molecule has 0 aromatic heterocycles. The van der Waals surface area contributed by atoms with Crippen LogP contribution in [0.3, 0.4) is 0 Å². The SMILES string of the molecule is CCOC(=O)C(C)NC(C)C(=O)OC. The maximum absolute atomic E-state index is 11.2. The van der Waals surface area contributed by atoms with Gasteiger partial charge in [0.25, 0.3) is 0 Å². The summed E-state index contributed by atoms with van der Waals surface area (Å²) in [5, 5.41) is 2.77. The fraction of sp³-hybridized carbons (Fsp3) is 0.778. The first-order chi connectivity index (χ1) is 6.52. The van der Waals surface area contributed by atoms with Gasteiger partial charge in [-0.2, -0.15) is 0 Å². The van der Waals surface area contributed by atoms with Gasteiger partial charge in [-0.25, -0.2) is 0 Å². The third kappa shape index (κ3) is 4.23. The number of esters is 2. The molecule has 0 aliphatic heterocycles. The molecule has 0 radical (unpaired) electrons. The molecule has 0 aliphatic carbocycles. The molecule has 0 heterocycles. The van der Waals surface area contributed by atoms with Gasteiger partial charge in [-0.05, 0) is 20.8 Å². The number of rotatable bonds is 5. The largest absolute Gasteiger partial charge is 0.468 e. The Labute approximate surface area is 83.8 Å². The van der Waals surface area contributed by atoms with Gasteiger partial charge in [0.1, 0.15) is 12.1 Å². The summed E-state index contributed by atoms with van der Waals surface area (Å²) in [7, 11) is 1.30. The zero-order valence-electron chi connectivity index (χ0n) is 8.99. The number of carbonyl (C=O) groups excluding carboxylic acids is 2. The maximum atomic E-state index is 11.2. The molecule has 0 spiro atoms. The van der Waals surface area contributed by atoms with Crippen LogP contribution in [0.5, 0.6) is 0 Å². The Kier molecular flexibility index (Phi) is 5.87. The summed E-state index contributed by atoms with van der Waals surface area (Å²) in [5.74, 6) is -0.774. The summed E-state index contributed by atoms with van der Waals surface area (Å²) >= 11 is 0. The van der Waals surface area contributed by atoms with E-state index in [2.05, 4.69) is 10.1 Å². The molecule has 2 unspecified atom stereocenters. The molecule has 0 aromatic rings. The van der Waals surface area contributed by atoms with Gasteiger partial charge in [0.05, 0.1) is 13.7 Å². The molecule has 5 heteroatoms. The number of carbonyl (C=O) groups is 2. The van der Waals surface area contributed by atoms with E-state index in [1.165, 1.54) is 7.11 Å². The minimum atomic E-state index is -0.514. The van der Waals surface area contributed by atoms with Crippen molar-refractivity contribution in [1.29, 1.82) is 0 Å². The van der Waals surface area contributed by atoms with E-state index in [4.69, 9.17) is 4.74 Å². The van der Waals surface area contributed by atoms with Crippen molar-refractivity contribution in [2.45, 2.75) is 32.9 Å². The molecule has 2 atom stereocenters. The number of methoxy groups -OCH3 is 1. The monoisotopic (exact) mass is 203 g/mol. The standard InChI is InChI=1S/C9H17NO4/c1-5-14-9(12)7(3)10-6(2)8(11)13-4/h6-7,10H,5H2,1-4H3. The van der Waals surface area contributed by atoms with Gasteiger partial charge in [-0.1, -0.05) is 0 Å². The van der Waals surface area contributed by atoms with E-state index in [9.17, 15) is 9.59 Å². The fourth-order valence-electron chi connectivity index (χ4n) is 0.955. The Morgan fingerprint density at radius 3 is 2.14 bits per heavy atom. The predicted octanol–water partition coefficient (Wildman–Crippen LogP) is 0.0891. The molecule has 0 rings (SSSR count). The summed E-state index contributed by atoms with van der Waals surface area (Å²) in [5.41, 5.74) is 0. The molecular weight excluding hydrogens is 186 g/mol. The summed E-state index contributed by atoms with van der Waals surface area (Å²) in [6.45, 7) is 5.32. The van der Waals surface area contributed by atoms with Gasteiger partial charge in [0.2, 0.25) is 0 Å². The summed E-state index contributed by atoms with van der Waals surface area (Å²) in [6, 6.07) is -1.02. The lowest BCUT2D eigenvalue weighted by atomic mass is 10.2. The van der Waals surface area contributed by atoms with E-state index < -0.39 is 18.1 Å². The molecule has 14 heavy (non-hydrogen) atoms. The van der Waals surface area contributed by atoms with E-state index in [-0.39, 0.29) is 5.97 Å². The van der Waals surface area contributed by atoms with Crippen molar-refractivity contribution in [3.05, 3.63) is 0 Å². The van der Waals surface area contributed by atoms with Crippen molar-refractivity contribution in [1.82, 2.24) is 5.32 Å². The quantitative estimate of drug-likeness (QED) is 0.641. The van der Waals surface area contributed by atoms with E-state index >= 15 is 0 Å². The molecule has 0 saturated heterocycles. The molecule has 1 N–H and O–H groups in total. The number of nitrogens with one attached hydrogen (secondary N) is 1. The third-order valence-electron chi connectivity index (χ3n) is 1.69. The number of ether oxygens (including phenoxy) is 2. The average molecular weight is 203 g/mol. The van der Waals surface area contributed by atoms with Gasteiger partial charge in [-0.15, -0.1) is 0 Å². The Bertz CT molecular complexity index is 205. The van der Waals surface area contributed by atoms with Crippen molar-refractivity contribution in [2.75, 3.05) is 13.7 Å². The third-order valence-corrected chi connectivity index (χ3v) is 1.69. The molecule has 0 fully saturated rings. The Hall–Kier alpha value is -1.10. The van der Waals surface area contributed by atoms with Crippen molar-refractivity contribution < 1.29 is 19.1 Å². The zero-order valence-corrected chi connectivity index (χ0v) is 8.99. The van der Waals surface area contributed by atoms with Crippen LogP contribution in [-0.4, -0.2) is 37.7 Å². The van der Waals surface area contributed by atoms with Crippen molar-refractivity contribution in [3.8, 4) is 0 Å². The van der Waals surface area contributed by atoms with Crippen LogP contribution < -0.4 is 5.32 Å².